The molecule has 0 amide bonds. The molecule has 1 heteroatoms. The van der Waals surface area contributed by atoms with Gasteiger partial charge in [-0.05, 0) is 89.1 Å². The van der Waals surface area contributed by atoms with Gasteiger partial charge in [0, 0.05) is 16.3 Å². The molecule has 10 rings (SSSR count). The minimum absolute atomic E-state index is 0.913. The van der Waals surface area contributed by atoms with Crippen LogP contribution in [0.5, 0.6) is 11.5 Å². The zero-order valence-corrected chi connectivity index (χ0v) is 24.4. The van der Waals surface area contributed by atoms with Crippen LogP contribution in [-0.2, 0) is 0 Å². The highest BCUT2D eigenvalue weighted by atomic mass is 16.5. The van der Waals surface area contributed by atoms with Gasteiger partial charge in [0.1, 0.15) is 11.5 Å². The molecule has 9 aromatic carbocycles. The van der Waals surface area contributed by atoms with E-state index in [1.54, 1.807) is 0 Å². The zero-order valence-electron chi connectivity index (χ0n) is 24.4. The van der Waals surface area contributed by atoms with Gasteiger partial charge in [-0.15, -0.1) is 0 Å². The summed E-state index contributed by atoms with van der Waals surface area (Å²) in [4.78, 5) is 0. The second-order valence-corrected chi connectivity index (χ2v) is 12.0. The maximum Gasteiger partial charge on any atom is 0.143 e. The Bertz CT molecular complexity index is 2670. The third-order valence-electron chi connectivity index (χ3n) is 9.64. The van der Waals surface area contributed by atoms with Gasteiger partial charge in [-0.1, -0.05) is 140 Å². The Hall–Kier alpha value is -5.92. The average Bonchev–Trinajstić information content (AvgIpc) is 3.11. The van der Waals surface area contributed by atoms with Crippen molar-refractivity contribution in [2.45, 2.75) is 0 Å². The summed E-state index contributed by atoms with van der Waals surface area (Å²) in [6.07, 6.45) is 0. The van der Waals surface area contributed by atoms with Crippen molar-refractivity contribution in [1.29, 1.82) is 0 Å². The lowest BCUT2D eigenvalue weighted by Gasteiger charge is -2.24. The zero-order chi connectivity index (χ0) is 29.5. The molecule has 1 aliphatic rings. The fourth-order valence-electron chi connectivity index (χ4n) is 7.64. The summed E-state index contributed by atoms with van der Waals surface area (Å²) in [5, 5.41) is 12.3. The van der Waals surface area contributed by atoms with Crippen LogP contribution in [0.25, 0.3) is 87.2 Å². The summed E-state index contributed by atoms with van der Waals surface area (Å²) in [6.45, 7) is 0. The van der Waals surface area contributed by atoms with Crippen LogP contribution < -0.4 is 4.74 Å². The van der Waals surface area contributed by atoms with Crippen LogP contribution >= 0.6 is 0 Å². The summed E-state index contributed by atoms with van der Waals surface area (Å²) in [6, 6.07) is 57.3. The van der Waals surface area contributed by atoms with Crippen molar-refractivity contribution < 1.29 is 4.74 Å². The predicted octanol–water partition coefficient (Wildman–Crippen LogP) is 12.6. The van der Waals surface area contributed by atoms with Crippen molar-refractivity contribution >= 4 is 53.9 Å². The van der Waals surface area contributed by atoms with Gasteiger partial charge in [-0.3, -0.25) is 0 Å². The van der Waals surface area contributed by atoms with Crippen LogP contribution in [-0.4, -0.2) is 0 Å². The third kappa shape index (κ3) is 3.50. The Kier molecular flexibility index (Phi) is 5.06. The molecule has 0 radical (unpaired) electrons. The van der Waals surface area contributed by atoms with Gasteiger partial charge in [0.25, 0.3) is 0 Å². The molecule has 0 saturated heterocycles. The monoisotopic (exact) mass is 570 g/mol. The second-order valence-electron chi connectivity index (χ2n) is 12.0. The summed E-state index contributed by atoms with van der Waals surface area (Å²) in [7, 11) is 0. The predicted molar refractivity (Wildman–Crippen MR) is 190 cm³/mol. The number of fused-ring (bicyclic) bond motifs is 8. The van der Waals surface area contributed by atoms with Gasteiger partial charge in [-0.2, -0.15) is 0 Å². The highest BCUT2D eigenvalue weighted by Crippen LogP contribution is 2.52. The Morgan fingerprint density at radius 3 is 1.93 bits per heavy atom. The number of benzene rings is 9. The van der Waals surface area contributed by atoms with E-state index >= 15 is 0 Å². The molecule has 0 aliphatic carbocycles. The topological polar surface area (TPSA) is 9.23 Å². The Balaban J connectivity index is 1.29. The smallest absolute Gasteiger partial charge is 0.143 e. The lowest BCUT2D eigenvalue weighted by atomic mass is 9.84. The molecule has 0 aromatic heterocycles. The van der Waals surface area contributed by atoms with E-state index in [2.05, 4.69) is 158 Å². The summed E-state index contributed by atoms with van der Waals surface area (Å²) >= 11 is 0. The van der Waals surface area contributed by atoms with Crippen molar-refractivity contribution in [2.75, 3.05) is 0 Å². The molecule has 0 fully saturated rings. The lowest BCUT2D eigenvalue weighted by Crippen LogP contribution is -1.99. The van der Waals surface area contributed by atoms with Crippen molar-refractivity contribution in [1.82, 2.24) is 0 Å². The second kappa shape index (κ2) is 9.29. The number of hydrogen-bond donors (Lipinski definition) is 0. The number of rotatable bonds is 2. The maximum absolute atomic E-state index is 6.74. The van der Waals surface area contributed by atoms with Gasteiger partial charge >= 0.3 is 0 Å². The molecular weight excluding hydrogens is 544 g/mol. The molecule has 1 heterocycles. The van der Waals surface area contributed by atoms with E-state index in [-0.39, 0.29) is 0 Å². The van der Waals surface area contributed by atoms with E-state index in [1.807, 2.05) is 0 Å². The van der Waals surface area contributed by atoms with Crippen molar-refractivity contribution in [3.63, 3.8) is 0 Å². The molecule has 208 valence electrons. The van der Waals surface area contributed by atoms with Crippen LogP contribution in [0.1, 0.15) is 0 Å². The Morgan fingerprint density at radius 1 is 0.333 bits per heavy atom. The Morgan fingerprint density at radius 2 is 1.02 bits per heavy atom. The van der Waals surface area contributed by atoms with E-state index in [0.717, 1.165) is 22.4 Å². The van der Waals surface area contributed by atoms with Crippen LogP contribution in [0.3, 0.4) is 0 Å². The molecule has 0 saturated carbocycles. The van der Waals surface area contributed by atoms with Gasteiger partial charge in [0.05, 0.1) is 0 Å². The van der Waals surface area contributed by atoms with Crippen LogP contribution in [0.4, 0.5) is 0 Å². The highest BCUT2D eigenvalue weighted by molar-refractivity contribution is 6.24. The van der Waals surface area contributed by atoms with Crippen LogP contribution in [0.2, 0.25) is 0 Å². The standard InChI is InChI=1S/C44H26O/c1-2-10-27(11-3-1)30-16-8-17-33-34(30)22-23-38-40(33)26-29-13-5-6-14-31(29)42(38)36-24-25-37-39-21-20-28-12-4-7-15-32(28)44(39)45-41-19-9-18-35(36)43(37)41/h1-26H. The van der Waals surface area contributed by atoms with E-state index < -0.39 is 0 Å². The fraction of sp³-hybridized carbons (Fsp3) is 0. The van der Waals surface area contributed by atoms with Crippen LogP contribution in [0.15, 0.2) is 158 Å². The van der Waals surface area contributed by atoms with Crippen LogP contribution in [0, 0.1) is 0 Å². The maximum atomic E-state index is 6.74. The minimum Gasteiger partial charge on any atom is -0.455 e. The fourth-order valence-corrected chi connectivity index (χ4v) is 7.64. The van der Waals surface area contributed by atoms with Crippen molar-refractivity contribution in [3.8, 4) is 44.9 Å². The molecule has 9 aromatic rings. The first-order chi connectivity index (χ1) is 22.3. The quantitative estimate of drug-likeness (QED) is 0.148. The van der Waals surface area contributed by atoms with E-state index in [1.165, 1.54) is 76.3 Å². The van der Waals surface area contributed by atoms with E-state index in [0.29, 0.717) is 0 Å². The molecule has 1 aliphatic heterocycles. The summed E-state index contributed by atoms with van der Waals surface area (Å²) in [5.74, 6) is 1.85. The molecule has 1 nitrogen and oxygen atoms in total. The highest BCUT2D eigenvalue weighted by Gasteiger charge is 2.24. The first-order valence-corrected chi connectivity index (χ1v) is 15.5. The Labute approximate surface area is 260 Å². The SMILES string of the molecule is c1ccc(-c2cccc3c2ccc2c(-c4ccc5c6c(cccc46)Oc4c-5ccc5ccccc45)c4ccccc4cc23)cc1. The molecule has 0 N–H and O–H groups in total. The van der Waals surface area contributed by atoms with E-state index in [4.69, 9.17) is 4.74 Å². The van der Waals surface area contributed by atoms with Crippen molar-refractivity contribution in [2.24, 2.45) is 0 Å². The van der Waals surface area contributed by atoms with Gasteiger partial charge in [0.2, 0.25) is 0 Å². The number of ether oxygens (including phenoxy) is 1. The normalized spacial score (nSPS) is 12.2. The first-order valence-electron chi connectivity index (χ1n) is 15.5. The van der Waals surface area contributed by atoms with Gasteiger partial charge in [-0.25, -0.2) is 0 Å². The summed E-state index contributed by atoms with van der Waals surface area (Å²) < 4.78 is 6.74. The first kappa shape index (κ1) is 24.5. The minimum atomic E-state index is 0.913. The lowest BCUT2D eigenvalue weighted by molar-refractivity contribution is 0.493. The molecule has 0 bridgehead atoms. The molecule has 0 atom stereocenters. The summed E-state index contributed by atoms with van der Waals surface area (Å²) in [5.41, 5.74) is 7.35. The molecule has 45 heavy (non-hydrogen) atoms. The van der Waals surface area contributed by atoms with Crippen molar-refractivity contribution in [3.05, 3.63) is 158 Å². The molecule has 0 unspecified atom stereocenters. The van der Waals surface area contributed by atoms with Gasteiger partial charge in [0.15, 0.2) is 0 Å². The largest absolute Gasteiger partial charge is 0.455 e. The van der Waals surface area contributed by atoms with Gasteiger partial charge < -0.3 is 4.74 Å². The number of hydrogen-bond acceptors (Lipinski definition) is 1. The van der Waals surface area contributed by atoms with E-state index in [9.17, 15) is 0 Å². The molecular formula is C44H26O. The third-order valence-corrected chi connectivity index (χ3v) is 9.64. The average molecular weight is 571 g/mol. The molecule has 0 spiro atoms.